The van der Waals surface area contributed by atoms with E-state index in [9.17, 15) is 9.90 Å². The molecule has 0 aliphatic heterocycles. The van der Waals surface area contributed by atoms with E-state index in [1.54, 1.807) is 42.7 Å². The minimum absolute atomic E-state index is 0.0790. The van der Waals surface area contributed by atoms with Gasteiger partial charge >= 0.3 is 0 Å². The normalized spacial score (nSPS) is 14.0. The second-order valence-electron chi connectivity index (χ2n) is 6.57. The Morgan fingerprint density at radius 2 is 2.19 bits per heavy atom. The summed E-state index contributed by atoms with van der Waals surface area (Å²) in [7, 11) is 0. The zero-order valence-corrected chi connectivity index (χ0v) is 16.2. The van der Waals surface area contributed by atoms with E-state index >= 15 is 0 Å². The average molecular weight is 383 g/mol. The Balaban J connectivity index is 1.77. The molecule has 140 valence electrons. The number of aromatic hydroxyl groups is 1. The fraction of sp³-hybridized carbons (Fsp3) is 0.350. The Labute approximate surface area is 160 Å². The number of aryl methyl sites for hydroxylation is 3. The van der Waals surface area contributed by atoms with E-state index in [2.05, 4.69) is 10.1 Å². The van der Waals surface area contributed by atoms with Crippen molar-refractivity contribution in [2.24, 2.45) is 5.10 Å². The molecule has 3 aromatic rings. The zero-order valence-electron chi connectivity index (χ0n) is 15.4. The van der Waals surface area contributed by atoms with Crippen LogP contribution in [-0.2, 0) is 12.8 Å². The first-order chi connectivity index (χ1) is 13.1. The van der Waals surface area contributed by atoms with Gasteiger partial charge < -0.3 is 9.84 Å². The van der Waals surface area contributed by atoms with E-state index in [0.29, 0.717) is 18.2 Å². The van der Waals surface area contributed by atoms with Crippen LogP contribution in [0.5, 0.6) is 11.5 Å². The third-order valence-corrected chi connectivity index (χ3v) is 5.92. The van der Waals surface area contributed by atoms with Crippen molar-refractivity contribution in [3.8, 4) is 11.5 Å². The molecule has 0 spiro atoms. The van der Waals surface area contributed by atoms with Crippen LogP contribution in [0.4, 0.5) is 0 Å². The lowest BCUT2D eigenvalue weighted by atomic mass is 9.97. The largest absolute Gasteiger partial charge is 0.504 e. The summed E-state index contributed by atoms with van der Waals surface area (Å²) in [5, 5.41) is 14.9. The molecule has 2 aromatic heterocycles. The first-order valence-electron chi connectivity index (χ1n) is 9.12. The molecule has 1 N–H and O–H groups in total. The monoisotopic (exact) mass is 383 g/mol. The highest BCUT2D eigenvalue weighted by Crippen LogP contribution is 2.33. The molecule has 0 unspecified atom stereocenters. The molecule has 2 heterocycles. The lowest BCUT2D eigenvalue weighted by Crippen LogP contribution is -2.21. The quantitative estimate of drug-likeness (QED) is 0.698. The summed E-state index contributed by atoms with van der Waals surface area (Å²) in [6.45, 7) is 4.10. The molecule has 6 nitrogen and oxygen atoms in total. The van der Waals surface area contributed by atoms with Gasteiger partial charge in [-0.2, -0.15) is 9.78 Å². The van der Waals surface area contributed by atoms with Crippen molar-refractivity contribution >= 4 is 27.8 Å². The van der Waals surface area contributed by atoms with E-state index in [0.717, 1.165) is 40.6 Å². The molecule has 0 saturated carbocycles. The van der Waals surface area contributed by atoms with Crippen molar-refractivity contribution in [2.75, 3.05) is 6.61 Å². The lowest BCUT2D eigenvalue weighted by molar-refractivity contribution is 0.318. The average Bonchev–Trinajstić information content (AvgIpc) is 3.02. The number of fused-ring (bicyclic) bond motifs is 3. The number of hydrogen-bond acceptors (Lipinski definition) is 6. The van der Waals surface area contributed by atoms with Crippen molar-refractivity contribution < 1.29 is 9.84 Å². The Kier molecular flexibility index (Phi) is 4.70. The summed E-state index contributed by atoms with van der Waals surface area (Å²) in [6.07, 6.45) is 5.85. The highest BCUT2D eigenvalue weighted by Gasteiger charge is 2.21. The van der Waals surface area contributed by atoms with Crippen LogP contribution in [0.15, 0.2) is 28.1 Å². The molecular weight excluding hydrogens is 362 g/mol. The number of aromatic nitrogens is 2. The maximum absolute atomic E-state index is 13.1. The van der Waals surface area contributed by atoms with Gasteiger partial charge in [0.05, 0.1) is 18.2 Å². The molecule has 0 atom stereocenters. The first kappa shape index (κ1) is 17.7. The van der Waals surface area contributed by atoms with E-state index in [1.807, 2.05) is 6.92 Å². The van der Waals surface area contributed by atoms with Gasteiger partial charge in [-0.05, 0) is 68.9 Å². The molecule has 0 fully saturated rings. The fourth-order valence-corrected chi connectivity index (χ4v) is 4.74. The summed E-state index contributed by atoms with van der Waals surface area (Å²) >= 11 is 1.64. The van der Waals surface area contributed by atoms with Gasteiger partial charge in [0.15, 0.2) is 11.5 Å². The topological polar surface area (TPSA) is 76.7 Å². The molecule has 0 bridgehead atoms. The molecule has 1 aliphatic rings. The predicted octanol–water partition coefficient (Wildman–Crippen LogP) is 3.63. The van der Waals surface area contributed by atoms with Crippen LogP contribution in [0, 0.1) is 6.92 Å². The van der Waals surface area contributed by atoms with Crippen LogP contribution >= 0.6 is 11.3 Å². The highest BCUT2D eigenvalue weighted by atomic mass is 32.1. The van der Waals surface area contributed by atoms with Gasteiger partial charge in [-0.1, -0.05) is 0 Å². The summed E-state index contributed by atoms with van der Waals surface area (Å²) in [5.41, 5.74) is 1.78. The zero-order chi connectivity index (χ0) is 19.0. The Hall–Kier alpha value is -2.67. The standard InChI is InChI=1S/C20H21N3O3S/c1-3-26-16-10-13(8-9-15(16)24)11-21-23-12(2)22-19-18(20(23)25)14-6-4-5-7-17(14)27-19/h8-11,24H,3-7H2,1-2H3/b21-11-. The number of hydrogen-bond donors (Lipinski definition) is 1. The van der Waals surface area contributed by atoms with Gasteiger partial charge in [-0.25, -0.2) is 4.98 Å². The number of phenolic OH excluding ortho intramolecular Hbond substituents is 1. The molecule has 4 rings (SSSR count). The summed E-state index contributed by atoms with van der Waals surface area (Å²) < 4.78 is 6.75. The van der Waals surface area contributed by atoms with Crippen LogP contribution in [0.1, 0.15) is 41.6 Å². The fourth-order valence-electron chi connectivity index (χ4n) is 3.44. The Morgan fingerprint density at radius 1 is 1.37 bits per heavy atom. The van der Waals surface area contributed by atoms with Crippen molar-refractivity contribution in [2.45, 2.75) is 39.5 Å². The summed E-state index contributed by atoms with van der Waals surface area (Å²) in [6, 6.07) is 4.97. The number of rotatable bonds is 4. The van der Waals surface area contributed by atoms with Gasteiger partial charge in [-0.3, -0.25) is 4.79 Å². The van der Waals surface area contributed by atoms with Crippen molar-refractivity contribution in [3.63, 3.8) is 0 Å². The predicted molar refractivity (Wildman–Crippen MR) is 108 cm³/mol. The number of phenols is 1. The molecular formula is C20H21N3O3S. The van der Waals surface area contributed by atoms with Gasteiger partial charge in [0.2, 0.25) is 0 Å². The minimum atomic E-state index is -0.114. The van der Waals surface area contributed by atoms with Crippen molar-refractivity contribution in [1.29, 1.82) is 0 Å². The Morgan fingerprint density at radius 3 is 3.00 bits per heavy atom. The van der Waals surface area contributed by atoms with Gasteiger partial charge in [-0.15, -0.1) is 11.3 Å². The van der Waals surface area contributed by atoms with E-state index < -0.39 is 0 Å². The maximum atomic E-state index is 13.1. The number of thiophene rings is 1. The molecule has 0 saturated heterocycles. The molecule has 1 aromatic carbocycles. The van der Waals surface area contributed by atoms with Crippen LogP contribution in [-0.4, -0.2) is 27.6 Å². The molecule has 0 amide bonds. The van der Waals surface area contributed by atoms with E-state index in [4.69, 9.17) is 4.74 Å². The smallest absolute Gasteiger partial charge is 0.283 e. The van der Waals surface area contributed by atoms with Crippen LogP contribution < -0.4 is 10.3 Å². The number of ether oxygens (including phenoxy) is 1. The van der Waals surface area contributed by atoms with Crippen molar-refractivity contribution in [1.82, 2.24) is 9.66 Å². The third-order valence-electron chi connectivity index (χ3n) is 4.73. The molecule has 0 radical (unpaired) electrons. The second kappa shape index (κ2) is 7.15. The van der Waals surface area contributed by atoms with Gasteiger partial charge in [0.25, 0.3) is 5.56 Å². The number of benzene rings is 1. The molecule has 27 heavy (non-hydrogen) atoms. The Bertz CT molecular complexity index is 1100. The lowest BCUT2D eigenvalue weighted by Gasteiger charge is -2.10. The summed E-state index contributed by atoms with van der Waals surface area (Å²) in [5.74, 6) is 1.03. The van der Waals surface area contributed by atoms with Crippen molar-refractivity contribution in [3.05, 3.63) is 50.4 Å². The first-order valence-corrected chi connectivity index (χ1v) is 9.94. The van der Waals surface area contributed by atoms with E-state index in [1.165, 1.54) is 16.0 Å². The maximum Gasteiger partial charge on any atom is 0.283 e. The molecule has 1 aliphatic carbocycles. The third kappa shape index (κ3) is 3.23. The highest BCUT2D eigenvalue weighted by molar-refractivity contribution is 7.18. The summed E-state index contributed by atoms with van der Waals surface area (Å²) in [4.78, 5) is 19.8. The van der Waals surface area contributed by atoms with Crippen LogP contribution in [0.25, 0.3) is 10.2 Å². The van der Waals surface area contributed by atoms with E-state index in [-0.39, 0.29) is 11.3 Å². The molecule has 7 heteroatoms. The van der Waals surface area contributed by atoms with Gasteiger partial charge in [0.1, 0.15) is 10.7 Å². The SMILES string of the molecule is CCOc1cc(/C=N\n2c(C)nc3sc4c(c3c2=O)CCCC4)ccc1O. The van der Waals surface area contributed by atoms with Crippen LogP contribution in [0.2, 0.25) is 0 Å². The number of nitrogens with zero attached hydrogens (tertiary/aromatic N) is 3. The van der Waals surface area contributed by atoms with Gasteiger partial charge in [0, 0.05) is 4.88 Å². The minimum Gasteiger partial charge on any atom is -0.504 e. The van der Waals surface area contributed by atoms with Crippen LogP contribution in [0.3, 0.4) is 0 Å². The second-order valence-corrected chi connectivity index (χ2v) is 7.66.